The predicted octanol–water partition coefficient (Wildman–Crippen LogP) is 5.18. The van der Waals surface area contributed by atoms with Crippen LogP contribution in [0, 0.1) is 0 Å². The van der Waals surface area contributed by atoms with Gasteiger partial charge in [-0.3, -0.25) is 9.59 Å². The van der Waals surface area contributed by atoms with Gasteiger partial charge in [0.05, 0.1) is 7.11 Å². The number of carbonyl (C=O) groups is 2. The van der Waals surface area contributed by atoms with E-state index < -0.39 is 0 Å². The Morgan fingerprint density at radius 1 is 1.17 bits per heavy atom. The van der Waals surface area contributed by atoms with Gasteiger partial charge in [0.15, 0.2) is 5.78 Å². The quantitative estimate of drug-likeness (QED) is 0.187. The summed E-state index contributed by atoms with van der Waals surface area (Å²) in [5, 5.41) is 0.475. The molecule has 0 aromatic heterocycles. The molecule has 2 aromatic rings. The Labute approximate surface area is 177 Å². The van der Waals surface area contributed by atoms with Gasteiger partial charge in [-0.2, -0.15) is 0 Å². The van der Waals surface area contributed by atoms with E-state index in [0.29, 0.717) is 33.8 Å². The van der Waals surface area contributed by atoms with E-state index >= 15 is 0 Å². The molecule has 0 amide bonds. The lowest BCUT2D eigenvalue weighted by Gasteiger charge is -2.25. The van der Waals surface area contributed by atoms with Crippen molar-refractivity contribution < 1.29 is 14.3 Å². The van der Waals surface area contributed by atoms with Crippen LogP contribution in [0.3, 0.4) is 0 Å². The Hall–Kier alpha value is -2.85. The number of likely N-dealkylation sites (N-methyl/N-ethyl adjacent to an activating group) is 1. The zero-order valence-corrected chi connectivity index (χ0v) is 17.9. The van der Waals surface area contributed by atoms with E-state index in [4.69, 9.17) is 16.3 Å². The second-order valence-electron chi connectivity index (χ2n) is 6.86. The normalized spacial score (nSPS) is 13.0. The Morgan fingerprint density at radius 3 is 2.45 bits per heavy atom. The standard InChI is InChI=1S/C24H26ClNO3/c1-17(14-19-8-6-5-7-9-19)26(3)16-24(29-4)22(12-13-27)23-15-20(25)10-11-21(23)18(2)28/h5-13,15-17H,14H2,1-4H3/b22-12-,24-16+/t17-/m1/s1. The van der Waals surface area contributed by atoms with Crippen molar-refractivity contribution in [1.29, 1.82) is 0 Å². The van der Waals surface area contributed by atoms with Crippen LogP contribution in [0.2, 0.25) is 5.02 Å². The third kappa shape index (κ3) is 6.06. The Morgan fingerprint density at radius 2 is 1.86 bits per heavy atom. The summed E-state index contributed by atoms with van der Waals surface area (Å²) in [6.07, 6.45) is 4.77. The van der Waals surface area contributed by atoms with Gasteiger partial charge in [0.1, 0.15) is 12.0 Å². The number of hydrogen-bond acceptors (Lipinski definition) is 4. The van der Waals surface area contributed by atoms with Crippen molar-refractivity contribution in [3.8, 4) is 0 Å². The van der Waals surface area contributed by atoms with E-state index in [2.05, 4.69) is 19.1 Å². The fraction of sp³-hybridized carbons (Fsp3) is 0.250. The molecule has 0 saturated carbocycles. The van der Waals surface area contributed by atoms with Crippen molar-refractivity contribution in [3.63, 3.8) is 0 Å². The highest BCUT2D eigenvalue weighted by Gasteiger charge is 2.18. The number of carbonyl (C=O) groups excluding carboxylic acids is 2. The molecule has 0 aliphatic carbocycles. The fourth-order valence-electron chi connectivity index (χ4n) is 3.06. The summed E-state index contributed by atoms with van der Waals surface area (Å²) in [6, 6.07) is 15.4. The van der Waals surface area contributed by atoms with Crippen LogP contribution in [0.5, 0.6) is 0 Å². The molecule has 0 saturated heterocycles. The highest BCUT2D eigenvalue weighted by Crippen LogP contribution is 2.30. The van der Waals surface area contributed by atoms with Crippen LogP contribution < -0.4 is 0 Å². The molecule has 0 spiro atoms. The largest absolute Gasteiger partial charge is 0.495 e. The minimum atomic E-state index is -0.116. The van der Waals surface area contributed by atoms with Crippen LogP contribution in [-0.2, 0) is 16.0 Å². The first-order chi connectivity index (χ1) is 13.9. The van der Waals surface area contributed by atoms with Gasteiger partial charge >= 0.3 is 0 Å². The molecule has 0 aliphatic rings. The summed E-state index contributed by atoms with van der Waals surface area (Å²) >= 11 is 6.16. The maximum atomic E-state index is 12.1. The van der Waals surface area contributed by atoms with E-state index in [1.807, 2.05) is 36.3 Å². The second kappa shape index (κ2) is 10.6. The number of halogens is 1. The summed E-state index contributed by atoms with van der Waals surface area (Å²) in [7, 11) is 3.49. The van der Waals surface area contributed by atoms with Gasteiger partial charge in [-0.15, -0.1) is 0 Å². The number of ketones is 1. The number of rotatable bonds is 9. The lowest BCUT2D eigenvalue weighted by Crippen LogP contribution is -2.26. The highest BCUT2D eigenvalue weighted by molar-refractivity contribution is 6.31. The van der Waals surface area contributed by atoms with E-state index in [-0.39, 0.29) is 11.8 Å². The fourth-order valence-corrected chi connectivity index (χ4v) is 3.23. The predicted molar refractivity (Wildman–Crippen MR) is 118 cm³/mol. The van der Waals surface area contributed by atoms with E-state index in [0.717, 1.165) is 6.42 Å². The molecule has 4 nitrogen and oxygen atoms in total. The first kappa shape index (κ1) is 22.4. The van der Waals surface area contributed by atoms with Crippen LogP contribution in [0.15, 0.2) is 66.6 Å². The Balaban J connectivity index is 2.40. The van der Waals surface area contributed by atoms with Crippen LogP contribution in [0.4, 0.5) is 0 Å². The van der Waals surface area contributed by atoms with Gasteiger partial charge in [-0.25, -0.2) is 0 Å². The van der Waals surface area contributed by atoms with Crippen LogP contribution in [-0.4, -0.2) is 37.2 Å². The van der Waals surface area contributed by atoms with Crippen molar-refractivity contribution in [1.82, 2.24) is 4.90 Å². The number of nitrogens with zero attached hydrogens (tertiary/aromatic N) is 1. The number of Topliss-reactive ketones (excluding diaryl/α,β-unsaturated/α-hetero) is 1. The highest BCUT2D eigenvalue weighted by atomic mass is 35.5. The van der Waals surface area contributed by atoms with Gasteiger partial charge in [0.25, 0.3) is 0 Å². The zero-order chi connectivity index (χ0) is 21.4. The molecule has 2 aromatic carbocycles. The number of benzene rings is 2. The van der Waals surface area contributed by atoms with Gasteiger partial charge in [-0.05, 0) is 55.7 Å². The van der Waals surface area contributed by atoms with Gasteiger partial charge < -0.3 is 9.64 Å². The molecule has 5 heteroatoms. The molecule has 1 atom stereocenters. The van der Waals surface area contributed by atoms with E-state index in [1.54, 1.807) is 18.2 Å². The molecule has 2 rings (SSSR count). The average Bonchev–Trinajstić information content (AvgIpc) is 2.70. The number of ether oxygens (including phenoxy) is 1. The zero-order valence-electron chi connectivity index (χ0n) is 17.2. The number of allylic oxidation sites excluding steroid dienone is 2. The molecule has 29 heavy (non-hydrogen) atoms. The number of aldehydes is 1. The molecule has 0 heterocycles. The third-order valence-corrected chi connectivity index (χ3v) is 5.00. The minimum Gasteiger partial charge on any atom is -0.495 e. The summed E-state index contributed by atoms with van der Waals surface area (Å²) in [4.78, 5) is 25.5. The lowest BCUT2D eigenvalue weighted by molar-refractivity contribution is -0.104. The van der Waals surface area contributed by atoms with Gasteiger partial charge in [0, 0.05) is 35.4 Å². The van der Waals surface area contributed by atoms with Crippen LogP contribution >= 0.6 is 11.6 Å². The number of methoxy groups -OCH3 is 1. The Kier molecular flexibility index (Phi) is 8.22. The third-order valence-electron chi connectivity index (χ3n) is 4.76. The van der Waals surface area contributed by atoms with Crippen molar-refractivity contribution in [2.45, 2.75) is 26.3 Å². The van der Waals surface area contributed by atoms with Gasteiger partial charge in [0.2, 0.25) is 0 Å². The van der Waals surface area contributed by atoms with Crippen LogP contribution in [0.25, 0.3) is 5.57 Å². The molecule has 0 N–H and O–H groups in total. The molecular weight excluding hydrogens is 386 g/mol. The van der Waals surface area contributed by atoms with Crippen molar-refractivity contribution in [2.75, 3.05) is 14.2 Å². The van der Waals surface area contributed by atoms with E-state index in [1.165, 1.54) is 25.7 Å². The minimum absolute atomic E-state index is 0.116. The molecule has 152 valence electrons. The second-order valence-corrected chi connectivity index (χ2v) is 7.30. The summed E-state index contributed by atoms with van der Waals surface area (Å²) in [5.41, 5.74) is 2.78. The first-order valence-corrected chi connectivity index (χ1v) is 9.73. The molecule has 0 unspecified atom stereocenters. The van der Waals surface area contributed by atoms with Crippen molar-refractivity contribution in [2.24, 2.45) is 0 Å². The topological polar surface area (TPSA) is 46.6 Å². The van der Waals surface area contributed by atoms with Crippen LogP contribution in [0.1, 0.15) is 35.3 Å². The molecule has 0 radical (unpaired) electrons. The summed E-state index contributed by atoms with van der Waals surface area (Å²) in [5.74, 6) is 0.360. The summed E-state index contributed by atoms with van der Waals surface area (Å²) in [6.45, 7) is 3.59. The lowest BCUT2D eigenvalue weighted by atomic mass is 9.95. The van der Waals surface area contributed by atoms with Gasteiger partial charge in [-0.1, -0.05) is 41.9 Å². The molecule has 0 aliphatic heterocycles. The average molecular weight is 412 g/mol. The number of hydrogen-bond donors (Lipinski definition) is 0. The molecule has 0 fully saturated rings. The molecule has 0 bridgehead atoms. The smallest absolute Gasteiger partial charge is 0.160 e. The SMILES string of the molecule is COC(=C/N(C)[C@H](C)Cc1ccccc1)/C(=C\C=O)c1cc(Cl)ccc1C(C)=O. The summed E-state index contributed by atoms with van der Waals surface area (Å²) < 4.78 is 5.60. The first-order valence-electron chi connectivity index (χ1n) is 9.35. The maximum Gasteiger partial charge on any atom is 0.160 e. The maximum absolute atomic E-state index is 12.1. The monoisotopic (exact) mass is 411 g/mol. The van der Waals surface area contributed by atoms with Crippen molar-refractivity contribution >= 4 is 29.2 Å². The Bertz CT molecular complexity index is 919. The molecular formula is C24H26ClNO3. The van der Waals surface area contributed by atoms with E-state index in [9.17, 15) is 9.59 Å². The van der Waals surface area contributed by atoms with Crippen molar-refractivity contribution in [3.05, 3.63) is 88.3 Å².